The van der Waals surface area contributed by atoms with Crippen LogP contribution in [-0.4, -0.2) is 37.3 Å². The number of carboxylic acids is 1. The number of hydrogen-bond acceptors (Lipinski definition) is 6. The fraction of sp³-hybridized carbons (Fsp3) is 0.0909. The van der Waals surface area contributed by atoms with Crippen LogP contribution in [0, 0.1) is 0 Å². The maximum Gasteiger partial charge on any atom is 0.490 e. The van der Waals surface area contributed by atoms with Crippen LogP contribution in [0.3, 0.4) is 0 Å². The second kappa shape index (κ2) is 9.40. The zero-order valence-electron chi connectivity index (χ0n) is 16.4. The van der Waals surface area contributed by atoms with E-state index in [0.717, 1.165) is 28.1 Å². The molecular weight excluding hydrogens is 425 g/mol. The van der Waals surface area contributed by atoms with E-state index in [-0.39, 0.29) is 5.88 Å². The lowest BCUT2D eigenvalue weighted by molar-refractivity contribution is -0.192. The Morgan fingerprint density at radius 3 is 1.97 bits per heavy atom. The van der Waals surface area contributed by atoms with Gasteiger partial charge in [-0.1, -0.05) is 54.6 Å². The van der Waals surface area contributed by atoms with Gasteiger partial charge < -0.3 is 15.9 Å². The first-order valence-electron chi connectivity index (χ1n) is 9.21. The first-order chi connectivity index (χ1) is 15.2. The number of carbonyl (C=O) groups is 1. The lowest BCUT2D eigenvalue weighted by atomic mass is 10.0. The van der Waals surface area contributed by atoms with Crippen molar-refractivity contribution < 1.29 is 28.2 Å². The van der Waals surface area contributed by atoms with E-state index in [2.05, 4.69) is 9.97 Å². The van der Waals surface area contributed by atoms with Crippen molar-refractivity contribution >= 4 is 17.1 Å². The second-order valence-electron chi connectivity index (χ2n) is 6.50. The number of aromatic nitrogens is 3. The van der Waals surface area contributed by atoms with Crippen LogP contribution in [0.2, 0.25) is 0 Å². The van der Waals surface area contributed by atoms with Crippen molar-refractivity contribution in [2.24, 2.45) is 5.73 Å². The first-order valence-corrected chi connectivity index (χ1v) is 9.21. The zero-order chi connectivity index (χ0) is 23.3. The Hall–Kier alpha value is -4.05. The smallest absolute Gasteiger partial charge is 0.490 e. The largest absolute Gasteiger partial charge is 0.493 e. The Balaban J connectivity index is 0.000000360. The van der Waals surface area contributed by atoms with Gasteiger partial charge in [0.25, 0.3) is 0 Å². The van der Waals surface area contributed by atoms with E-state index in [4.69, 9.17) is 20.6 Å². The highest BCUT2D eigenvalue weighted by atomic mass is 19.4. The van der Waals surface area contributed by atoms with Gasteiger partial charge in [0.05, 0.1) is 11.4 Å². The molecule has 4 rings (SSSR count). The van der Waals surface area contributed by atoms with Crippen molar-refractivity contribution in [3.63, 3.8) is 0 Å². The van der Waals surface area contributed by atoms with Gasteiger partial charge in [0.1, 0.15) is 5.52 Å². The molecule has 164 valence electrons. The monoisotopic (exact) mass is 442 g/mol. The van der Waals surface area contributed by atoms with Gasteiger partial charge in [0.15, 0.2) is 5.65 Å². The molecule has 32 heavy (non-hydrogen) atoms. The Morgan fingerprint density at radius 1 is 0.844 bits per heavy atom. The average Bonchev–Trinajstić information content (AvgIpc) is 2.78. The fourth-order valence-electron chi connectivity index (χ4n) is 2.73. The highest BCUT2D eigenvalue weighted by Crippen LogP contribution is 2.31. The van der Waals surface area contributed by atoms with Gasteiger partial charge in [-0.3, -0.25) is 0 Å². The number of alkyl halides is 3. The topological polar surface area (TPSA) is 122 Å². The van der Waals surface area contributed by atoms with Crippen LogP contribution in [0.4, 0.5) is 13.2 Å². The van der Waals surface area contributed by atoms with Crippen LogP contribution >= 0.6 is 0 Å². The van der Waals surface area contributed by atoms with Gasteiger partial charge in [0, 0.05) is 23.7 Å². The number of rotatable bonds is 3. The molecule has 0 saturated heterocycles. The summed E-state index contributed by atoms with van der Waals surface area (Å²) in [5.74, 6) is -2.83. The molecule has 0 radical (unpaired) electrons. The molecule has 0 bridgehead atoms. The molecule has 7 nitrogen and oxygen atoms in total. The molecule has 10 heteroatoms. The molecule has 0 aliphatic carbocycles. The number of halogens is 3. The molecule has 0 amide bonds. The number of aliphatic carboxylic acids is 1. The molecule has 0 fully saturated rings. The van der Waals surface area contributed by atoms with Crippen LogP contribution in [0.15, 0.2) is 66.7 Å². The van der Waals surface area contributed by atoms with Crippen LogP contribution in [0.1, 0.15) is 5.56 Å². The molecule has 0 unspecified atom stereocenters. The third-order valence-corrected chi connectivity index (χ3v) is 4.27. The van der Waals surface area contributed by atoms with Gasteiger partial charge in [-0.25, -0.2) is 14.8 Å². The van der Waals surface area contributed by atoms with Crippen LogP contribution in [0.25, 0.3) is 33.7 Å². The van der Waals surface area contributed by atoms with E-state index in [0.29, 0.717) is 17.7 Å². The quantitative estimate of drug-likeness (QED) is 0.435. The number of benzene rings is 2. The van der Waals surface area contributed by atoms with E-state index in [1.807, 2.05) is 54.6 Å². The number of carboxylic acid groups (broad SMARTS) is 1. The Kier molecular flexibility index (Phi) is 6.64. The maximum atomic E-state index is 10.6. The number of aromatic hydroxyl groups is 1. The lowest BCUT2D eigenvalue weighted by Gasteiger charge is -2.10. The number of nitrogens with two attached hydrogens (primary N) is 1. The molecule has 0 saturated carbocycles. The first kappa shape index (κ1) is 22.6. The fourth-order valence-corrected chi connectivity index (χ4v) is 2.73. The van der Waals surface area contributed by atoms with Crippen molar-refractivity contribution in [1.29, 1.82) is 0 Å². The molecule has 2 aromatic carbocycles. The summed E-state index contributed by atoms with van der Waals surface area (Å²) >= 11 is 0. The predicted molar refractivity (Wildman–Crippen MR) is 111 cm³/mol. The Morgan fingerprint density at radius 2 is 1.41 bits per heavy atom. The van der Waals surface area contributed by atoms with Crippen molar-refractivity contribution in [2.75, 3.05) is 0 Å². The SMILES string of the molecule is NCc1ccc(-c2nc3nc(O)ccc3nc2-c2ccccc2)cc1.O=C(O)C(F)(F)F. The maximum absolute atomic E-state index is 10.6. The summed E-state index contributed by atoms with van der Waals surface area (Å²) in [7, 11) is 0. The molecule has 0 atom stereocenters. The minimum Gasteiger partial charge on any atom is -0.493 e. The minimum absolute atomic E-state index is 0.0707. The van der Waals surface area contributed by atoms with E-state index in [1.165, 1.54) is 6.07 Å². The number of fused-ring (bicyclic) bond motifs is 1. The van der Waals surface area contributed by atoms with Crippen LogP contribution in [0.5, 0.6) is 5.88 Å². The van der Waals surface area contributed by atoms with Crippen molar-refractivity contribution in [3.05, 3.63) is 72.3 Å². The van der Waals surface area contributed by atoms with E-state index in [9.17, 15) is 18.3 Å². The summed E-state index contributed by atoms with van der Waals surface area (Å²) in [5, 5.41) is 16.8. The van der Waals surface area contributed by atoms with Gasteiger partial charge in [0.2, 0.25) is 5.88 Å². The summed E-state index contributed by atoms with van der Waals surface area (Å²) < 4.78 is 31.7. The van der Waals surface area contributed by atoms with Crippen molar-refractivity contribution in [3.8, 4) is 28.4 Å². The van der Waals surface area contributed by atoms with Crippen molar-refractivity contribution in [1.82, 2.24) is 15.0 Å². The molecule has 0 aliphatic rings. The second-order valence-corrected chi connectivity index (χ2v) is 6.50. The molecule has 4 N–H and O–H groups in total. The standard InChI is InChI=1S/C20H16N4O.C2HF3O2/c21-12-13-6-8-15(9-7-13)19-18(14-4-2-1-3-5-14)22-16-10-11-17(25)23-20(16)24-19;3-2(4,5)1(6)7/h1-11H,12,21H2,(H,23,24,25);(H,6,7). The molecule has 4 aromatic rings. The van der Waals surface area contributed by atoms with Gasteiger partial charge in [-0.2, -0.15) is 18.2 Å². The molecular formula is C22H17F3N4O3. The normalized spacial score (nSPS) is 11.0. The number of hydrogen-bond donors (Lipinski definition) is 3. The Labute approximate surface area is 180 Å². The third-order valence-electron chi connectivity index (χ3n) is 4.27. The van der Waals surface area contributed by atoms with Gasteiger partial charge in [-0.05, 0) is 11.6 Å². The number of pyridine rings is 1. The summed E-state index contributed by atoms with van der Waals surface area (Å²) in [6.07, 6.45) is -5.08. The summed E-state index contributed by atoms with van der Waals surface area (Å²) in [5.41, 5.74) is 11.2. The number of nitrogens with zero attached hydrogens (tertiary/aromatic N) is 3. The summed E-state index contributed by atoms with van der Waals surface area (Å²) in [6.45, 7) is 0.491. The summed E-state index contributed by atoms with van der Waals surface area (Å²) in [6, 6.07) is 21.1. The molecule has 0 aliphatic heterocycles. The average molecular weight is 442 g/mol. The zero-order valence-corrected chi connectivity index (χ0v) is 16.4. The highest BCUT2D eigenvalue weighted by Gasteiger charge is 2.38. The van der Waals surface area contributed by atoms with Crippen LogP contribution in [-0.2, 0) is 11.3 Å². The molecule has 0 spiro atoms. The van der Waals surface area contributed by atoms with E-state index >= 15 is 0 Å². The van der Waals surface area contributed by atoms with Crippen molar-refractivity contribution in [2.45, 2.75) is 12.7 Å². The van der Waals surface area contributed by atoms with E-state index < -0.39 is 12.1 Å². The van der Waals surface area contributed by atoms with Gasteiger partial charge in [-0.15, -0.1) is 0 Å². The van der Waals surface area contributed by atoms with E-state index in [1.54, 1.807) is 6.07 Å². The lowest BCUT2D eigenvalue weighted by Crippen LogP contribution is -2.21. The minimum atomic E-state index is -5.08. The Bertz CT molecular complexity index is 1230. The molecule has 2 heterocycles. The third kappa shape index (κ3) is 5.35. The molecule has 2 aromatic heterocycles. The summed E-state index contributed by atoms with van der Waals surface area (Å²) in [4.78, 5) is 22.4. The highest BCUT2D eigenvalue weighted by molar-refractivity contribution is 5.84. The van der Waals surface area contributed by atoms with Gasteiger partial charge >= 0.3 is 12.1 Å². The van der Waals surface area contributed by atoms with Crippen LogP contribution < -0.4 is 5.73 Å². The predicted octanol–water partition coefficient (Wildman–Crippen LogP) is 4.16.